The summed E-state index contributed by atoms with van der Waals surface area (Å²) in [4.78, 5) is 0. The van der Waals surface area contributed by atoms with E-state index in [4.69, 9.17) is 9.84 Å². The summed E-state index contributed by atoms with van der Waals surface area (Å²) in [6.07, 6.45) is 4.80. The van der Waals surface area contributed by atoms with Crippen LogP contribution in [0.3, 0.4) is 0 Å². The Morgan fingerprint density at radius 3 is 2.47 bits per heavy atom. The molecule has 2 aliphatic heterocycles. The summed E-state index contributed by atoms with van der Waals surface area (Å²) in [7, 11) is 2.12. The normalized spacial score (nSPS) is 22.8. The minimum atomic E-state index is 0.660. The Bertz CT molecular complexity index is 390. The molecule has 0 aromatic carbocycles. The van der Waals surface area contributed by atoms with Crippen molar-refractivity contribution in [1.82, 2.24) is 15.1 Å². The van der Waals surface area contributed by atoms with Crippen LogP contribution in [-0.4, -0.2) is 36.1 Å². The van der Waals surface area contributed by atoms with E-state index >= 15 is 0 Å². The number of nitrogens with one attached hydrogen (secondary N) is 1. The maximum atomic E-state index is 5.52. The second kappa shape index (κ2) is 5.63. The van der Waals surface area contributed by atoms with Crippen molar-refractivity contribution in [3.05, 3.63) is 17.0 Å². The Kier molecular flexibility index (Phi) is 3.89. The summed E-state index contributed by atoms with van der Waals surface area (Å²) in [5.41, 5.74) is 4.28. The number of aromatic nitrogens is 2. The highest BCUT2D eigenvalue weighted by molar-refractivity contribution is 5.33. The minimum Gasteiger partial charge on any atom is -0.381 e. The third-order valence-electron chi connectivity index (χ3n) is 4.67. The van der Waals surface area contributed by atoms with Gasteiger partial charge in [-0.15, -0.1) is 0 Å². The lowest BCUT2D eigenvalue weighted by Crippen LogP contribution is -2.28. The Hall–Kier alpha value is -0.870. The first-order valence-corrected chi connectivity index (χ1v) is 7.59. The van der Waals surface area contributed by atoms with Gasteiger partial charge in [0.2, 0.25) is 0 Å². The number of nitrogens with zero attached hydrogens (tertiary/aromatic N) is 2. The number of hydrogen-bond donors (Lipinski definition) is 1. The molecule has 106 valence electrons. The molecule has 4 heteroatoms. The first-order valence-electron chi connectivity index (χ1n) is 7.59. The first kappa shape index (κ1) is 13.1. The summed E-state index contributed by atoms with van der Waals surface area (Å²) in [6, 6.07) is 0. The van der Waals surface area contributed by atoms with Gasteiger partial charge in [-0.1, -0.05) is 0 Å². The van der Waals surface area contributed by atoms with E-state index in [1.54, 1.807) is 0 Å². The van der Waals surface area contributed by atoms with Gasteiger partial charge in [0.1, 0.15) is 0 Å². The Balaban J connectivity index is 1.92. The van der Waals surface area contributed by atoms with Gasteiger partial charge in [0, 0.05) is 31.9 Å². The van der Waals surface area contributed by atoms with Crippen molar-refractivity contribution in [2.24, 2.45) is 7.05 Å². The first-order chi connectivity index (χ1) is 9.27. The van der Waals surface area contributed by atoms with E-state index in [0.29, 0.717) is 11.8 Å². The number of aryl methyl sites for hydroxylation is 2. The van der Waals surface area contributed by atoms with E-state index < -0.39 is 0 Å². The summed E-state index contributed by atoms with van der Waals surface area (Å²) < 4.78 is 7.66. The van der Waals surface area contributed by atoms with E-state index in [1.165, 1.54) is 29.8 Å². The molecule has 0 atom stereocenters. The van der Waals surface area contributed by atoms with Crippen LogP contribution in [0.2, 0.25) is 0 Å². The van der Waals surface area contributed by atoms with Crippen molar-refractivity contribution in [2.75, 3.05) is 26.3 Å². The van der Waals surface area contributed by atoms with Gasteiger partial charge in [0.05, 0.1) is 5.69 Å². The van der Waals surface area contributed by atoms with Gasteiger partial charge in [-0.2, -0.15) is 5.10 Å². The molecule has 1 N–H and O–H groups in total. The molecular weight excluding hydrogens is 238 g/mol. The highest BCUT2D eigenvalue weighted by Gasteiger charge is 2.29. The fourth-order valence-corrected chi connectivity index (χ4v) is 3.76. The summed E-state index contributed by atoms with van der Waals surface area (Å²) in [5.74, 6) is 1.35. The van der Waals surface area contributed by atoms with Gasteiger partial charge in [0.25, 0.3) is 0 Å². The van der Waals surface area contributed by atoms with Crippen molar-refractivity contribution in [3.8, 4) is 0 Å². The molecule has 2 aliphatic rings. The number of rotatable bonds is 2. The quantitative estimate of drug-likeness (QED) is 0.888. The zero-order valence-electron chi connectivity index (χ0n) is 12.1. The van der Waals surface area contributed by atoms with Gasteiger partial charge in [-0.25, -0.2) is 0 Å². The molecule has 2 saturated heterocycles. The second-order valence-corrected chi connectivity index (χ2v) is 5.92. The fraction of sp³-hybridized carbons (Fsp3) is 0.800. The molecule has 0 saturated carbocycles. The van der Waals surface area contributed by atoms with Crippen molar-refractivity contribution in [1.29, 1.82) is 0 Å². The maximum Gasteiger partial charge on any atom is 0.0631 e. The molecule has 0 bridgehead atoms. The van der Waals surface area contributed by atoms with E-state index in [1.807, 2.05) is 0 Å². The van der Waals surface area contributed by atoms with Gasteiger partial charge in [-0.05, 0) is 57.2 Å². The van der Waals surface area contributed by atoms with Gasteiger partial charge >= 0.3 is 0 Å². The van der Waals surface area contributed by atoms with Crippen LogP contribution in [0.5, 0.6) is 0 Å². The predicted octanol–water partition coefficient (Wildman–Crippen LogP) is 2.09. The summed E-state index contributed by atoms with van der Waals surface area (Å²) >= 11 is 0. The molecule has 1 aromatic rings. The third-order valence-corrected chi connectivity index (χ3v) is 4.67. The molecule has 4 nitrogen and oxygen atoms in total. The lowest BCUT2D eigenvalue weighted by Gasteiger charge is -2.28. The third kappa shape index (κ3) is 2.56. The molecule has 0 radical (unpaired) electrons. The van der Waals surface area contributed by atoms with E-state index in [-0.39, 0.29) is 0 Å². The summed E-state index contributed by atoms with van der Waals surface area (Å²) in [6.45, 7) is 6.27. The lowest BCUT2D eigenvalue weighted by molar-refractivity contribution is 0.0849. The molecule has 19 heavy (non-hydrogen) atoms. The Morgan fingerprint density at radius 1 is 1.11 bits per heavy atom. The Morgan fingerprint density at radius 2 is 1.79 bits per heavy atom. The molecule has 3 rings (SSSR count). The van der Waals surface area contributed by atoms with Gasteiger partial charge in [0.15, 0.2) is 0 Å². The lowest BCUT2D eigenvalue weighted by atomic mass is 9.83. The summed E-state index contributed by atoms with van der Waals surface area (Å²) in [5, 5.41) is 8.18. The number of hydrogen-bond acceptors (Lipinski definition) is 3. The standard InChI is InChI=1S/C15H25N3O/c1-11-14(12-5-9-19-10-6-12)15(18(2)17-11)13-3-7-16-8-4-13/h12-13,16H,3-10H2,1-2H3. The largest absolute Gasteiger partial charge is 0.381 e. The van der Waals surface area contributed by atoms with Crippen LogP contribution in [-0.2, 0) is 11.8 Å². The van der Waals surface area contributed by atoms with E-state index in [9.17, 15) is 0 Å². The van der Waals surface area contributed by atoms with Crippen molar-refractivity contribution in [2.45, 2.75) is 44.4 Å². The SMILES string of the molecule is Cc1nn(C)c(C2CCNCC2)c1C1CCOCC1. The fourth-order valence-electron chi connectivity index (χ4n) is 3.76. The maximum absolute atomic E-state index is 5.52. The van der Waals surface area contributed by atoms with E-state index in [2.05, 4.69) is 24.0 Å². The average Bonchev–Trinajstić information content (AvgIpc) is 2.75. The van der Waals surface area contributed by atoms with Crippen LogP contribution >= 0.6 is 0 Å². The molecule has 0 spiro atoms. The van der Waals surface area contributed by atoms with Crippen LogP contribution in [0.4, 0.5) is 0 Å². The highest BCUT2D eigenvalue weighted by atomic mass is 16.5. The molecule has 0 unspecified atom stereocenters. The van der Waals surface area contributed by atoms with Crippen LogP contribution < -0.4 is 5.32 Å². The number of ether oxygens (including phenoxy) is 1. The van der Waals surface area contributed by atoms with Crippen LogP contribution in [0.25, 0.3) is 0 Å². The smallest absolute Gasteiger partial charge is 0.0631 e. The molecule has 3 heterocycles. The number of piperidine rings is 1. The molecule has 0 amide bonds. The van der Waals surface area contributed by atoms with Crippen molar-refractivity contribution >= 4 is 0 Å². The zero-order chi connectivity index (χ0) is 13.2. The van der Waals surface area contributed by atoms with E-state index in [0.717, 1.165) is 39.1 Å². The molecule has 0 aliphatic carbocycles. The Labute approximate surface area is 115 Å². The highest BCUT2D eigenvalue weighted by Crippen LogP contribution is 2.37. The molecular formula is C15H25N3O. The van der Waals surface area contributed by atoms with Crippen LogP contribution in [0, 0.1) is 6.92 Å². The van der Waals surface area contributed by atoms with Crippen LogP contribution in [0.15, 0.2) is 0 Å². The van der Waals surface area contributed by atoms with Crippen LogP contribution in [0.1, 0.15) is 54.5 Å². The van der Waals surface area contributed by atoms with Gasteiger partial charge in [-0.3, -0.25) is 4.68 Å². The van der Waals surface area contributed by atoms with Crippen molar-refractivity contribution < 1.29 is 4.74 Å². The van der Waals surface area contributed by atoms with Gasteiger partial charge < -0.3 is 10.1 Å². The topological polar surface area (TPSA) is 39.1 Å². The molecule has 2 fully saturated rings. The average molecular weight is 263 g/mol. The second-order valence-electron chi connectivity index (χ2n) is 5.92. The molecule has 1 aromatic heterocycles. The predicted molar refractivity (Wildman–Crippen MR) is 75.6 cm³/mol. The minimum absolute atomic E-state index is 0.660. The van der Waals surface area contributed by atoms with Crippen molar-refractivity contribution in [3.63, 3.8) is 0 Å². The zero-order valence-corrected chi connectivity index (χ0v) is 12.1. The monoisotopic (exact) mass is 263 g/mol.